The molecule has 2 aromatic rings. The average molecular weight is 296 g/mol. The monoisotopic (exact) mass is 296 g/mol. The zero-order valence-corrected chi connectivity index (χ0v) is 15.0. The van der Waals surface area contributed by atoms with E-state index in [9.17, 15) is 5.11 Å². The van der Waals surface area contributed by atoms with Crippen LogP contribution in [-0.4, -0.2) is 5.11 Å². The number of rotatable bonds is 2. The molecule has 0 aliphatic carbocycles. The quantitative estimate of drug-likeness (QED) is 0.774. The zero-order chi connectivity index (χ0) is 16.7. The molecule has 0 bridgehead atoms. The first-order chi connectivity index (χ1) is 10.1. The summed E-state index contributed by atoms with van der Waals surface area (Å²) in [6.45, 7) is 15.0. The van der Waals surface area contributed by atoms with Crippen molar-refractivity contribution < 1.29 is 5.11 Å². The summed E-state index contributed by atoms with van der Waals surface area (Å²) in [5.41, 5.74) is 8.44. The molecule has 22 heavy (non-hydrogen) atoms. The van der Waals surface area contributed by atoms with E-state index in [4.69, 9.17) is 0 Å². The number of benzene rings is 2. The lowest BCUT2D eigenvalue weighted by molar-refractivity contribution is 0.441. The van der Waals surface area contributed by atoms with E-state index in [-0.39, 0.29) is 5.41 Å². The maximum atomic E-state index is 10.7. The zero-order valence-electron chi connectivity index (χ0n) is 15.0. The molecule has 0 unspecified atom stereocenters. The fourth-order valence-electron chi connectivity index (χ4n) is 3.08. The molecule has 1 N–H and O–H groups in total. The number of hydrogen-bond acceptors (Lipinski definition) is 1. The van der Waals surface area contributed by atoms with E-state index < -0.39 is 0 Å². The van der Waals surface area contributed by atoms with E-state index in [0.717, 1.165) is 17.5 Å². The molecule has 0 atom stereocenters. The van der Waals surface area contributed by atoms with E-state index in [1.54, 1.807) is 0 Å². The number of aromatic hydroxyl groups is 1. The van der Waals surface area contributed by atoms with Crippen LogP contribution in [0.15, 0.2) is 24.3 Å². The van der Waals surface area contributed by atoms with Crippen molar-refractivity contribution in [2.24, 2.45) is 0 Å². The second-order valence-electron chi connectivity index (χ2n) is 7.61. The highest BCUT2D eigenvalue weighted by molar-refractivity contribution is 5.50. The van der Waals surface area contributed by atoms with Gasteiger partial charge in [0.15, 0.2) is 0 Å². The van der Waals surface area contributed by atoms with Crippen LogP contribution < -0.4 is 0 Å². The molecule has 2 aromatic carbocycles. The molecule has 0 aliphatic rings. The normalized spacial score (nSPS) is 11.8. The van der Waals surface area contributed by atoms with Crippen molar-refractivity contribution in [3.05, 3.63) is 63.2 Å². The highest BCUT2D eigenvalue weighted by Crippen LogP contribution is 2.35. The minimum Gasteiger partial charge on any atom is -0.507 e. The van der Waals surface area contributed by atoms with Crippen molar-refractivity contribution in [1.29, 1.82) is 0 Å². The average Bonchev–Trinajstić information content (AvgIpc) is 2.37. The fraction of sp³-hybridized carbons (Fsp3) is 0.429. The minimum absolute atomic E-state index is 0.0532. The number of phenolic OH excluding ortho intramolecular Hbond substituents is 1. The highest BCUT2D eigenvalue weighted by Gasteiger charge is 2.21. The van der Waals surface area contributed by atoms with E-state index >= 15 is 0 Å². The standard InChI is InChI=1S/C21H28O/c1-13-8-15(3)16(4)17(9-13)12-18-10-14(2)11-19(20(18)22)21(5,6)7/h8-11,22H,12H2,1-7H3. The van der Waals surface area contributed by atoms with Gasteiger partial charge in [-0.2, -0.15) is 0 Å². The van der Waals surface area contributed by atoms with Crippen molar-refractivity contribution in [2.75, 3.05) is 0 Å². The van der Waals surface area contributed by atoms with Gasteiger partial charge in [-0.1, -0.05) is 56.2 Å². The van der Waals surface area contributed by atoms with Crippen LogP contribution in [0.5, 0.6) is 5.75 Å². The Bertz CT molecular complexity index is 703. The minimum atomic E-state index is -0.0532. The predicted octanol–water partition coefficient (Wildman–Crippen LogP) is 5.51. The van der Waals surface area contributed by atoms with Gasteiger partial charge >= 0.3 is 0 Å². The summed E-state index contributed by atoms with van der Waals surface area (Å²) < 4.78 is 0. The Morgan fingerprint density at radius 2 is 1.36 bits per heavy atom. The molecule has 0 radical (unpaired) electrons. The van der Waals surface area contributed by atoms with Gasteiger partial charge in [0.2, 0.25) is 0 Å². The topological polar surface area (TPSA) is 20.2 Å². The van der Waals surface area contributed by atoms with Crippen molar-refractivity contribution in [3.8, 4) is 5.75 Å². The van der Waals surface area contributed by atoms with Gasteiger partial charge in [-0.05, 0) is 60.9 Å². The Kier molecular flexibility index (Phi) is 4.37. The Morgan fingerprint density at radius 3 is 1.95 bits per heavy atom. The maximum Gasteiger partial charge on any atom is 0.122 e. The molecule has 0 fully saturated rings. The molecule has 0 saturated carbocycles. The molecular formula is C21H28O. The molecule has 0 spiro atoms. The molecule has 0 saturated heterocycles. The van der Waals surface area contributed by atoms with Gasteiger partial charge in [0, 0.05) is 6.42 Å². The van der Waals surface area contributed by atoms with Crippen LogP contribution in [0.2, 0.25) is 0 Å². The Balaban J connectivity index is 2.54. The third kappa shape index (κ3) is 3.35. The lowest BCUT2D eigenvalue weighted by atomic mass is 9.83. The van der Waals surface area contributed by atoms with E-state index in [1.165, 1.54) is 27.8 Å². The van der Waals surface area contributed by atoms with E-state index in [0.29, 0.717) is 5.75 Å². The Labute approximate surface area is 135 Å². The number of aryl methyl sites for hydroxylation is 3. The number of phenols is 1. The predicted molar refractivity (Wildman–Crippen MR) is 95.0 cm³/mol. The Morgan fingerprint density at radius 1 is 0.818 bits per heavy atom. The van der Waals surface area contributed by atoms with Crippen molar-refractivity contribution in [3.63, 3.8) is 0 Å². The van der Waals surface area contributed by atoms with Crippen LogP contribution in [0.3, 0.4) is 0 Å². The van der Waals surface area contributed by atoms with Crippen LogP contribution in [0, 0.1) is 27.7 Å². The SMILES string of the molecule is Cc1cc(C)c(C)c(Cc2cc(C)cc(C(C)(C)C)c2O)c1. The first kappa shape index (κ1) is 16.6. The third-order valence-corrected chi connectivity index (χ3v) is 4.44. The molecule has 1 heteroatoms. The van der Waals surface area contributed by atoms with Gasteiger partial charge in [0.05, 0.1) is 0 Å². The van der Waals surface area contributed by atoms with Gasteiger partial charge in [-0.25, -0.2) is 0 Å². The molecular weight excluding hydrogens is 268 g/mol. The van der Waals surface area contributed by atoms with Gasteiger partial charge in [0.25, 0.3) is 0 Å². The lowest BCUT2D eigenvalue weighted by Gasteiger charge is -2.23. The molecule has 0 aliphatic heterocycles. The van der Waals surface area contributed by atoms with E-state index in [2.05, 4.69) is 72.7 Å². The summed E-state index contributed by atoms with van der Waals surface area (Å²) in [6, 6.07) is 8.67. The van der Waals surface area contributed by atoms with Crippen molar-refractivity contribution in [2.45, 2.75) is 60.3 Å². The van der Waals surface area contributed by atoms with Crippen LogP contribution >= 0.6 is 0 Å². The fourth-order valence-corrected chi connectivity index (χ4v) is 3.08. The van der Waals surface area contributed by atoms with Crippen molar-refractivity contribution in [1.82, 2.24) is 0 Å². The van der Waals surface area contributed by atoms with E-state index in [1.807, 2.05) is 0 Å². The van der Waals surface area contributed by atoms with Gasteiger partial charge in [0.1, 0.15) is 5.75 Å². The molecule has 0 amide bonds. The smallest absolute Gasteiger partial charge is 0.122 e. The van der Waals surface area contributed by atoms with Gasteiger partial charge < -0.3 is 5.11 Å². The Hall–Kier alpha value is -1.76. The maximum absolute atomic E-state index is 10.7. The first-order valence-electron chi connectivity index (χ1n) is 7.99. The molecule has 1 nitrogen and oxygen atoms in total. The molecule has 0 heterocycles. The summed E-state index contributed by atoms with van der Waals surface area (Å²) in [4.78, 5) is 0. The summed E-state index contributed by atoms with van der Waals surface area (Å²) in [5.74, 6) is 0.455. The molecule has 2 rings (SSSR count). The highest BCUT2D eigenvalue weighted by atomic mass is 16.3. The third-order valence-electron chi connectivity index (χ3n) is 4.44. The summed E-state index contributed by atoms with van der Waals surface area (Å²) in [7, 11) is 0. The summed E-state index contributed by atoms with van der Waals surface area (Å²) in [6.07, 6.45) is 0.783. The summed E-state index contributed by atoms with van der Waals surface area (Å²) in [5, 5.41) is 10.7. The van der Waals surface area contributed by atoms with Crippen molar-refractivity contribution >= 4 is 0 Å². The second kappa shape index (κ2) is 5.79. The van der Waals surface area contributed by atoms with Gasteiger partial charge in [-0.3, -0.25) is 0 Å². The first-order valence-corrected chi connectivity index (χ1v) is 7.99. The molecule has 118 valence electrons. The lowest BCUT2D eigenvalue weighted by Crippen LogP contribution is -2.12. The summed E-state index contributed by atoms with van der Waals surface area (Å²) >= 11 is 0. The number of hydrogen-bond donors (Lipinski definition) is 1. The molecule has 0 aromatic heterocycles. The van der Waals surface area contributed by atoms with Gasteiger partial charge in [-0.15, -0.1) is 0 Å². The second-order valence-corrected chi connectivity index (χ2v) is 7.61. The van der Waals surface area contributed by atoms with Crippen LogP contribution in [0.1, 0.15) is 59.7 Å². The largest absolute Gasteiger partial charge is 0.507 e. The van der Waals surface area contributed by atoms with Crippen LogP contribution in [0.4, 0.5) is 0 Å². The van der Waals surface area contributed by atoms with Crippen LogP contribution in [-0.2, 0) is 11.8 Å². The van der Waals surface area contributed by atoms with Crippen LogP contribution in [0.25, 0.3) is 0 Å².